The summed E-state index contributed by atoms with van der Waals surface area (Å²) in [6.45, 7) is 0. The third-order valence-electron chi connectivity index (χ3n) is 4.09. The Morgan fingerprint density at radius 2 is 1.86 bits per heavy atom. The largest absolute Gasteiger partial charge is 0.481 e. The second-order valence-electron chi connectivity index (χ2n) is 5.80. The number of rotatable bonds is 5. The zero-order valence-electron chi connectivity index (χ0n) is 14.8. The lowest BCUT2D eigenvalue weighted by molar-refractivity contribution is 0.399. The van der Waals surface area contributed by atoms with Gasteiger partial charge < -0.3 is 4.74 Å². The van der Waals surface area contributed by atoms with E-state index in [0.717, 1.165) is 16.3 Å². The maximum Gasteiger partial charge on any atom is 0.263 e. The van der Waals surface area contributed by atoms with Crippen LogP contribution in [0.3, 0.4) is 0 Å². The molecule has 0 radical (unpaired) electrons. The molecule has 8 nitrogen and oxygen atoms in total. The summed E-state index contributed by atoms with van der Waals surface area (Å²) in [6.07, 6.45) is 6.00. The van der Waals surface area contributed by atoms with Crippen molar-refractivity contribution >= 4 is 26.6 Å². The average Bonchev–Trinajstić information content (AvgIpc) is 2.73. The van der Waals surface area contributed by atoms with Gasteiger partial charge >= 0.3 is 0 Å². The molecule has 9 heteroatoms. The van der Waals surface area contributed by atoms with Crippen molar-refractivity contribution in [3.63, 3.8) is 0 Å². The standard InChI is InChI=1S/C19H15N5O3S/c1-27-19-16(3-2-8-22-19)18-15-5-4-14(11-13(15)6-10-21-18)28(25,26)24-17-7-9-20-12-23-17/h2-12H,1H3,(H,20,23,24). The molecule has 140 valence electrons. The first-order valence-electron chi connectivity index (χ1n) is 8.25. The maximum atomic E-state index is 12.7. The lowest BCUT2D eigenvalue weighted by atomic mass is 10.1. The first-order chi connectivity index (χ1) is 13.6. The fourth-order valence-electron chi connectivity index (χ4n) is 2.82. The van der Waals surface area contributed by atoms with E-state index in [4.69, 9.17) is 4.74 Å². The van der Waals surface area contributed by atoms with Crippen LogP contribution in [0.1, 0.15) is 0 Å². The first-order valence-corrected chi connectivity index (χ1v) is 9.74. The van der Waals surface area contributed by atoms with E-state index >= 15 is 0 Å². The fraction of sp³-hybridized carbons (Fsp3) is 0.0526. The van der Waals surface area contributed by atoms with E-state index in [2.05, 4.69) is 24.7 Å². The van der Waals surface area contributed by atoms with Crippen molar-refractivity contribution < 1.29 is 13.2 Å². The van der Waals surface area contributed by atoms with Gasteiger partial charge in [0.05, 0.1) is 23.3 Å². The smallest absolute Gasteiger partial charge is 0.263 e. The molecular formula is C19H15N5O3S. The predicted molar refractivity (Wildman–Crippen MR) is 104 cm³/mol. The van der Waals surface area contributed by atoms with E-state index in [9.17, 15) is 8.42 Å². The van der Waals surface area contributed by atoms with Crippen molar-refractivity contribution in [2.75, 3.05) is 11.8 Å². The highest BCUT2D eigenvalue weighted by Crippen LogP contribution is 2.32. The Hall–Kier alpha value is -3.59. The zero-order chi connectivity index (χ0) is 19.6. The van der Waals surface area contributed by atoms with E-state index in [0.29, 0.717) is 11.6 Å². The van der Waals surface area contributed by atoms with Gasteiger partial charge in [-0.25, -0.2) is 23.4 Å². The molecule has 0 saturated carbocycles. The minimum atomic E-state index is -3.79. The predicted octanol–water partition coefficient (Wildman–Crippen LogP) is 2.90. The van der Waals surface area contributed by atoms with E-state index in [-0.39, 0.29) is 10.7 Å². The Balaban J connectivity index is 1.79. The molecule has 0 spiro atoms. The number of methoxy groups -OCH3 is 1. The molecule has 1 aromatic carbocycles. The van der Waals surface area contributed by atoms with E-state index < -0.39 is 10.0 Å². The van der Waals surface area contributed by atoms with Crippen LogP contribution in [0.2, 0.25) is 0 Å². The number of fused-ring (bicyclic) bond motifs is 1. The Morgan fingerprint density at radius 1 is 0.964 bits per heavy atom. The molecule has 0 saturated heterocycles. The number of sulfonamides is 1. The number of anilines is 1. The van der Waals surface area contributed by atoms with E-state index in [1.807, 2.05) is 6.07 Å². The molecule has 0 bridgehead atoms. The van der Waals surface area contributed by atoms with Crippen LogP contribution in [0.25, 0.3) is 22.0 Å². The molecule has 28 heavy (non-hydrogen) atoms. The minimum absolute atomic E-state index is 0.119. The highest BCUT2D eigenvalue weighted by atomic mass is 32.2. The highest BCUT2D eigenvalue weighted by Gasteiger charge is 2.17. The topological polar surface area (TPSA) is 107 Å². The first kappa shape index (κ1) is 17.8. The van der Waals surface area contributed by atoms with Crippen LogP contribution in [-0.4, -0.2) is 35.5 Å². The molecule has 3 heterocycles. The van der Waals surface area contributed by atoms with Gasteiger partial charge in [-0.3, -0.25) is 9.71 Å². The highest BCUT2D eigenvalue weighted by molar-refractivity contribution is 7.92. The van der Waals surface area contributed by atoms with Gasteiger partial charge in [-0.05, 0) is 41.8 Å². The molecule has 0 aliphatic heterocycles. The molecular weight excluding hydrogens is 378 g/mol. The molecule has 0 aliphatic carbocycles. The van der Waals surface area contributed by atoms with Crippen molar-refractivity contribution in [3.05, 3.63) is 67.4 Å². The SMILES string of the molecule is COc1ncccc1-c1nccc2cc(S(=O)(=O)Nc3ccncn3)ccc12. The monoisotopic (exact) mass is 393 g/mol. The van der Waals surface area contributed by atoms with Crippen molar-refractivity contribution in [1.82, 2.24) is 19.9 Å². The van der Waals surface area contributed by atoms with Gasteiger partial charge in [0, 0.05) is 24.0 Å². The lowest BCUT2D eigenvalue weighted by Crippen LogP contribution is -2.13. The minimum Gasteiger partial charge on any atom is -0.481 e. The van der Waals surface area contributed by atoms with Crippen molar-refractivity contribution in [2.45, 2.75) is 4.90 Å². The third kappa shape index (κ3) is 3.35. The maximum absolute atomic E-state index is 12.7. The molecule has 0 unspecified atom stereocenters. The van der Waals surface area contributed by atoms with Crippen LogP contribution in [0.5, 0.6) is 5.88 Å². The van der Waals surface area contributed by atoms with Crippen LogP contribution in [-0.2, 0) is 10.0 Å². The summed E-state index contributed by atoms with van der Waals surface area (Å²) in [4.78, 5) is 16.4. The Bertz CT molecular complexity index is 1250. The summed E-state index contributed by atoms with van der Waals surface area (Å²) < 4.78 is 33.1. The van der Waals surface area contributed by atoms with E-state index in [1.54, 1.807) is 43.8 Å². The van der Waals surface area contributed by atoms with Crippen LogP contribution in [0.4, 0.5) is 5.82 Å². The molecule has 0 fully saturated rings. The van der Waals surface area contributed by atoms with Crippen LogP contribution >= 0.6 is 0 Å². The quantitative estimate of drug-likeness (QED) is 0.555. The normalized spacial score (nSPS) is 11.3. The van der Waals surface area contributed by atoms with Crippen molar-refractivity contribution in [2.24, 2.45) is 0 Å². The zero-order valence-corrected chi connectivity index (χ0v) is 15.6. The average molecular weight is 393 g/mol. The van der Waals surface area contributed by atoms with Gasteiger partial charge in [-0.1, -0.05) is 6.07 Å². The molecule has 1 N–H and O–H groups in total. The summed E-state index contributed by atoms with van der Waals surface area (Å²) >= 11 is 0. The number of nitrogens with zero attached hydrogens (tertiary/aromatic N) is 4. The molecule has 4 rings (SSSR count). The molecule has 0 atom stereocenters. The molecule has 0 aliphatic rings. The Kier molecular flexibility index (Phi) is 4.58. The number of benzene rings is 1. The van der Waals surface area contributed by atoms with Gasteiger partial charge in [0.1, 0.15) is 12.1 Å². The van der Waals surface area contributed by atoms with Gasteiger partial charge in [-0.2, -0.15) is 0 Å². The number of aromatic nitrogens is 4. The van der Waals surface area contributed by atoms with Gasteiger partial charge in [-0.15, -0.1) is 0 Å². The number of hydrogen-bond donors (Lipinski definition) is 1. The van der Waals surface area contributed by atoms with E-state index in [1.165, 1.54) is 24.7 Å². The fourth-order valence-corrected chi connectivity index (χ4v) is 3.86. The van der Waals surface area contributed by atoms with Gasteiger partial charge in [0.15, 0.2) is 0 Å². The molecule has 0 amide bonds. The van der Waals surface area contributed by atoms with Crippen molar-refractivity contribution in [3.8, 4) is 17.1 Å². The summed E-state index contributed by atoms with van der Waals surface area (Å²) in [5.74, 6) is 0.648. The van der Waals surface area contributed by atoms with Crippen LogP contribution in [0.15, 0.2) is 72.3 Å². The van der Waals surface area contributed by atoms with Gasteiger partial charge in [0.25, 0.3) is 10.0 Å². The number of ether oxygens (including phenoxy) is 1. The third-order valence-corrected chi connectivity index (χ3v) is 5.44. The van der Waals surface area contributed by atoms with Crippen LogP contribution in [0, 0.1) is 0 Å². The Labute approximate surface area is 161 Å². The van der Waals surface area contributed by atoms with Crippen molar-refractivity contribution in [1.29, 1.82) is 0 Å². The van der Waals surface area contributed by atoms with Crippen LogP contribution < -0.4 is 9.46 Å². The summed E-state index contributed by atoms with van der Waals surface area (Å²) in [7, 11) is -2.25. The molecule has 4 aromatic rings. The van der Waals surface area contributed by atoms with Gasteiger partial charge in [0.2, 0.25) is 5.88 Å². The number of hydrogen-bond acceptors (Lipinski definition) is 7. The molecule has 3 aromatic heterocycles. The Morgan fingerprint density at radius 3 is 2.64 bits per heavy atom. The second kappa shape index (κ2) is 7.20. The number of pyridine rings is 2. The lowest BCUT2D eigenvalue weighted by Gasteiger charge is -2.11. The summed E-state index contributed by atoms with van der Waals surface area (Å²) in [5.41, 5.74) is 1.39. The summed E-state index contributed by atoms with van der Waals surface area (Å²) in [5, 5.41) is 1.51. The second-order valence-corrected chi connectivity index (χ2v) is 7.49. The summed E-state index contributed by atoms with van der Waals surface area (Å²) in [6, 6.07) is 11.7. The number of nitrogens with one attached hydrogen (secondary N) is 1.